The molecule has 0 saturated carbocycles. The summed E-state index contributed by atoms with van der Waals surface area (Å²) >= 11 is 18.4. The molecule has 3 rings (SSSR count). The Kier molecular flexibility index (Phi) is 6.73. The molecular weight excluding hydrogens is 405 g/mol. The molecule has 0 fully saturated rings. The SMILES string of the molecule is COc1cc(CNc2ccccc2)c(Cl)cc1OCc1ccc(Cl)c(Cl)c1. The van der Waals surface area contributed by atoms with E-state index in [9.17, 15) is 0 Å². The molecule has 3 nitrogen and oxygen atoms in total. The predicted octanol–water partition coefficient (Wildman–Crippen LogP) is 6.85. The zero-order valence-corrected chi connectivity index (χ0v) is 16.9. The quantitative estimate of drug-likeness (QED) is 0.452. The number of rotatable bonds is 7. The van der Waals surface area contributed by atoms with Gasteiger partial charge in [-0.25, -0.2) is 0 Å². The van der Waals surface area contributed by atoms with Gasteiger partial charge in [-0.3, -0.25) is 0 Å². The van der Waals surface area contributed by atoms with Crippen LogP contribution in [0.25, 0.3) is 0 Å². The summed E-state index contributed by atoms with van der Waals surface area (Å²) in [7, 11) is 1.60. The first-order valence-electron chi connectivity index (χ1n) is 8.29. The second-order valence-electron chi connectivity index (χ2n) is 5.85. The molecule has 0 aliphatic rings. The Hall–Kier alpha value is -2.07. The average molecular weight is 423 g/mol. The second-order valence-corrected chi connectivity index (χ2v) is 7.07. The van der Waals surface area contributed by atoms with E-state index in [1.165, 1.54) is 0 Å². The third-order valence-corrected chi connectivity index (χ3v) is 5.06. The summed E-state index contributed by atoms with van der Waals surface area (Å²) in [6.45, 7) is 0.900. The van der Waals surface area contributed by atoms with Crippen molar-refractivity contribution in [3.63, 3.8) is 0 Å². The largest absolute Gasteiger partial charge is 0.493 e. The molecule has 0 saturated heterocycles. The Balaban J connectivity index is 1.72. The maximum Gasteiger partial charge on any atom is 0.163 e. The van der Waals surface area contributed by atoms with Crippen LogP contribution in [0.3, 0.4) is 0 Å². The van der Waals surface area contributed by atoms with Crippen LogP contribution in [0, 0.1) is 0 Å². The number of para-hydroxylation sites is 1. The molecule has 0 radical (unpaired) electrons. The topological polar surface area (TPSA) is 30.5 Å². The van der Waals surface area contributed by atoms with Gasteiger partial charge >= 0.3 is 0 Å². The van der Waals surface area contributed by atoms with Crippen molar-refractivity contribution >= 4 is 40.5 Å². The van der Waals surface area contributed by atoms with Crippen LogP contribution < -0.4 is 14.8 Å². The monoisotopic (exact) mass is 421 g/mol. The highest BCUT2D eigenvalue weighted by Gasteiger charge is 2.11. The molecule has 1 N–H and O–H groups in total. The van der Waals surface area contributed by atoms with Gasteiger partial charge in [0.25, 0.3) is 0 Å². The minimum Gasteiger partial charge on any atom is -0.493 e. The Morgan fingerprint density at radius 1 is 0.815 bits per heavy atom. The highest BCUT2D eigenvalue weighted by Crippen LogP contribution is 2.34. The molecule has 0 amide bonds. The molecule has 0 heterocycles. The lowest BCUT2D eigenvalue weighted by molar-refractivity contribution is 0.284. The van der Waals surface area contributed by atoms with Crippen molar-refractivity contribution in [3.05, 3.63) is 86.9 Å². The number of benzene rings is 3. The molecule has 3 aromatic rings. The molecule has 6 heteroatoms. The van der Waals surface area contributed by atoms with Gasteiger partial charge in [0.1, 0.15) is 6.61 Å². The van der Waals surface area contributed by atoms with E-state index >= 15 is 0 Å². The third-order valence-electron chi connectivity index (χ3n) is 3.97. The standard InChI is InChI=1S/C21H18Cl3NO2/c1-26-20-10-15(12-25-16-5-3-2-4-6-16)18(23)11-21(20)27-13-14-7-8-17(22)19(24)9-14/h2-11,25H,12-13H2,1H3. The van der Waals surface area contributed by atoms with E-state index in [0.29, 0.717) is 39.7 Å². The first-order valence-corrected chi connectivity index (χ1v) is 9.42. The molecule has 0 unspecified atom stereocenters. The number of hydrogen-bond donors (Lipinski definition) is 1. The van der Waals surface area contributed by atoms with Crippen LogP contribution in [0.5, 0.6) is 11.5 Å². The fourth-order valence-corrected chi connectivity index (χ4v) is 3.07. The lowest BCUT2D eigenvalue weighted by Gasteiger charge is -2.15. The molecule has 0 spiro atoms. The zero-order chi connectivity index (χ0) is 19.2. The molecule has 140 valence electrons. The Morgan fingerprint density at radius 3 is 2.30 bits per heavy atom. The summed E-state index contributed by atoms with van der Waals surface area (Å²) in [4.78, 5) is 0. The average Bonchev–Trinajstić information content (AvgIpc) is 2.69. The van der Waals surface area contributed by atoms with Crippen molar-refractivity contribution in [1.82, 2.24) is 0 Å². The van der Waals surface area contributed by atoms with Gasteiger partial charge < -0.3 is 14.8 Å². The predicted molar refractivity (Wildman–Crippen MR) is 113 cm³/mol. The van der Waals surface area contributed by atoms with Gasteiger partial charge in [-0.2, -0.15) is 0 Å². The van der Waals surface area contributed by atoms with Gasteiger partial charge in [0.05, 0.1) is 17.2 Å². The molecule has 3 aromatic carbocycles. The maximum absolute atomic E-state index is 6.44. The summed E-state index contributed by atoms with van der Waals surface area (Å²) in [6.07, 6.45) is 0. The van der Waals surface area contributed by atoms with E-state index < -0.39 is 0 Å². The normalized spacial score (nSPS) is 10.5. The number of methoxy groups -OCH3 is 1. The van der Waals surface area contributed by atoms with Crippen LogP contribution in [-0.2, 0) is 13.2 Å². The van der Waals surface area contributed by atoms with Gasteiger partial charge in [0.15, 0.2) is 11.5 Å². The van der Waals surface area contributed by atoms with Crippen LogP contribution in [0.1, 0.15) is 11.1 Å². The lowest BCUT2D eigenvalue weighted by atomic mass is 10.2. The summed E-state index contributed by atoms with van der Waals surface area (Å²) in [5, 5.41) is 4.94. The van der Waals surface area contributed by atoms with Gasteiger partial charge in [-0.05, 0) is 41.5 Å². The Morgan fingerprint density at radius 2 is 1.59 bits per heavy atom. The Labute approximate surface area is 173 Å². The first kappa shape index (κ1) is 19.7. The van der Waals surface area contributed by atoms with Crippen molar-refractivity contribution in [3.8, 4) is 11.5 Å². The number of anilines is 1. The summed E-state index contributed by atoms with van der Waals surface area (Å²) < 4.78 is 11.3. The third kappa shape index (κ3) is 5.23. The van der Waals surface area contributed by atoms with Crippen LogP contribution in [-0.4, -0.2) is 7.11 Å². The smallest absolute Gasteiger partial charge is 0.163 e. The summed E-state index contributed by atoms with van der Waals surface area (Å²) in [6, 6.07) is 18.9. The number of halogens is 3. The van der Waals surface area contributed by atoms with E-state index in [4.69, 9.17) is 44.3 Å². The molecule has 0 atom stereocenters. The number of nitrogens with one attached hydrogen (secondary N) is 1. The van der Waals surface area contributed by atoms with Crippen molar-refractivity contribution in [1.29, 1.82) is 0 Å². The van der Waals surface area contributed by atoms with Crippen LogP contribution in [0.15, 0.2) is 60.7 Å². The van der Waals surface area contributed by atoms with Crippen LogP contribution >= 0.6 is 34.8 Å². The van der Waals surface area contributed by atoms with E-state index in [1.807, 2.05) is 42.5 Å². The van der Waals surface area contributed by atoms with Crippen LogP contribution in [0.4, 0.5) is 5.69 Å². The highest BCUT2D eigenvalue weighted by atomic mass is 35.5. The van der Waals surface area contributed by atoms with Crippen molar-refractivity contribution in [2.24, 2.45) is 0 Å². The fraction of sp³-hybridized carbons (Fsp3) is 0.143. The first-order chi connectivity index (χ1) is 13.1. The summed E-state index contributed by atoms with van der Waals surface area (Å²) in [5.41, 5.74) is 2.84. The number of hydrogen-bond acceptors (Lipinski definition) is 3. The van der Waals surface area contributed by atoms with E-state index in [1.54, 1.807) is 25.3 Å². The molecule has 0 bridgehead atoms. The van der Waals surface area contributed by atoms with E-state index in [0.717, 1.165) is 16.8 Å². The minimum absolute atomic E-state index is 0.325. The van der Waals surface area contributed by atoms with Crippen molar-refractivity contribution < 1.29 is 9.47 Å². The van der Waals surface area contributed by atoms with E-state index in [2.05, 4.69) is 5.32 Å². The second kappa shape index (κ2) is 9.23. The van der Waals surface area contributed by atoms with E-state index in [-0.39, 0.29) is 0 Å². The van der Waals surface area contributed by atoms with Crippen molar-refractivity contribution in [2.75, 3.05) is 12.4 Å². The molecule has 0 aliphatic carbocycles. The lowest BCUT2D eigenvalue weighted by Crippen LogP contribution is -2.03. The van der Waals surface area contributed by atoms with Gasteiger partial charge in [-0.15, -0.1) is 0 Å². The number of ether oxygens (including phenoxy) is 2. The molecule has 27 heavy (non-hydrogen) atoms. The van der Waals surface area contributed by atoms with Gasteiger partial charge in [0.2, 0.25) is 0 Å². The Bertz CT molecular complexity index is 917. The zero-order valence-electron chi connectivity index (χ0n) is 14.6. The molecular formula is C21H18Cl3NO2. The minimum atomic E-state index is 0.325. The van der Waals surface area contributed by atoms with Gasteiger partial charge in [-0.1, -0.05) is 59.1 Å². The van der Waals surface area contributed by atoms with Crippen molar-refractivity contribution in [2.45, 2.75) is 13.2 Å². The molecule has 0 aliphatic heterocycles. The fourth-order valence-electron chi connectivity index (χ4n) is 2.53. The maximum atomic E-state index is 6.44. The van der Waals surface area contributed by atoms with Crippen LogP contribution in [0.2, 0.25) is 15.1 Å². The highest BCUT2D eigenvalue weighted by molar-refractivity contribution is 6.42. The van der Waals surface area contributed by atoms with Gasteiger partial charge in [0, 0.05) is 23.3 Å². The molecule has 0 aromatic heterocycles. The summed E-state index contributed by atoms with van der Waals surface area (Å²) in [5.74, 6) is 1.18.